The Balaban J connectivity index is 1.93. The number of carbonyl (C=O) groups excluding carboxylic acids is 1. The molecule has 1 aliphatic rings. The van der Waals surface area contributed by atoms with Crippen LogP contribution in [0.5, 0.6) is 0 Å². The van der Waals surface area contributed by atoms with Gasteiger partial charge < -0.3 is 20.5 Å². The predicted molar refractivity (Wildman–Crippen MR) is 65.8 cm³/mol. The van der Waals surface area contributed by atoms with Gasteiger partial charge in [-0.2, -0.15) is 0 Å². The van der Waals surface area contributed by atoms with Gasteiger partial charge in [-0.3, -0.25) is 4.79 Å². The molecule has 0 bridgehead atoms. The number of nitrogens with one attached hydrogen (secondary N) is 2. The van der Waals surface area contributed by atoms with Gasteiger partial charge in [0, 0.05) is 26.6 Å². The fraction of sp³-hybridized carbons (Fsp3) is 0.917. The summed E-state index contributed by atoms with van der Waals surface area (Å²) in [5.41, 5.74) is 0. The average Bonchev–Trinajstić information content (AvgIpc) is 2.84. The Hall–Kier alpha value is -0.650. The van der Waals surface area contributed by atoms with Crippen molar-refractivity contribution in [2.24, 2.45) is 0 Å². The van der Waals surface area contributed by atoms with Crippen molar-refractivity contribution < 1.29 is 14.6 Å². The third-order valence-corrected chi connectivity index (χ3v) is 3.01. The summed E-state index contributed by atoms with van der Waals surface area (Å²) in [5.74, 6) is 0.00851. The van der Waals surface area contributed by atoms with E-state index in [1.165, 1.54) is 12.8 Å². The Kier molecular flexibility index (Phi) is 7.16. The van der Waals surface area contributed by atoms with E-state index in [4.69, 9.17) is 4.74 Å². The number of hydrogen-bond acceptors (Lipinski definition) is 4. The molecule has 0 radical (unpaired) electrons. The molecule has 1 saturated carbocycles. The lowest BCUT2D eigenvalue weighted by Gasteiger charge is -2.15. The van der Waals surface area contributed by atoms with Crippen LogP contribution in [-0.4, -0.2) is 50.0 Å². The van der Waals surface area contributed by atoms with Crippen LogP contribution in [0.4, 0.5) is 0 Å². The number of aliphatic hydroxyl groups excluding tert-OH is 1. The number of hydrogen-bond donors (Lipinski definition) is 3. The first-order valence-corrected chi connectivity index (χ1v) is 6.43. The molecular weight excluding hydrogens is 220 g/mol. The Bertz CT molecular complexity index is 218. The molecule has 3 N–H and O–H groups in total. The van der Waals surface area contributed by atoms with Crippen LogP contribution in [0, 0.1) is 0 Å². The molecule has 1 atom stereocenters. The molecule has 1 fully saturated rings. The highest BCUT2D eigenvalue weighted by Gasteiger charge is 2.16. The molecule has 0 aromatic rings. The van der Waals surface area contributed by atoms with Crippen LogP contribution >= 0.6 is 0 Å². The number of aliphatic hydroxyl groups is 1. The molecular formula is C12H24N2O3. The highest BCUT2D eigenvalue weighted by molar-refractivity contribution is 5.75. The van der Waals surface area contributed by atoms with Gasteiger partial charge in [0.15, 0.2) is 0 Å². The van der Waals surface area contributed by atoms with Crippen LogP contribution in [0.15, 0.2) is 0 Å². The largest absolute Gasteiger partial charge is 0.389 e. The van der Waals surface area contributed by atoms with Crippen molar-refractivity contribution in [2.45, 2.75) is 44.3 Å². The van der Waals surface area contributed by atoms with Crippen molar-refractivity contribution in [3.63, 3.8) is 0 Å². The van der Waals surface area contributed by atoms with Crippen molar-refractivity contribution in [1.29, 1.82) is 0 Å². The normalized spacial score (nSPS) is 18.2. The van der Waals surface area contributed by atoms with Gasteiger partial charge >= 0.3 is 0 Å². The smallest absolute Gasteiger partial charge is 0.221 e. The lowest BCUT2D eigenvalue weighted by Crippen LogP contribution is -2.33. The zero-order valence-corrected chi connectivity index (χ0v) is 10.6. The van der Waals surface area contributed by atoms with E-state index in [2.05, 4.69) is 10.6 Å². The monoisotopic (exact) mass is 244 g/mol. The highest BCUT2D eigenvalue weighted by atomic mass is 16.5. The zero-order chi connectivity index (χ0) is 12.5. The van der Waals surface area contributed by atoms with E-state index in [9.17, 15) is 9.90 Å². The summed E-state index contributed by atoms with van der Waals surface area (Å²) in [6.45, 7) is 1.45. The number of rotatable bonds is 8. The first-order chi connectivity index (χ1) is 8.22. The van der Waals surface area contributed by atoms with Crippen molar-refractivity contribution in [1.82, 2.24) is 10.6 Å². The quantitative estimate of drug-likeness (QED) is 0.527. The zero-order valence-electron chi connectivity index (χ0n) is 10.6. The van der Waals surface area contributed by atoms with Crippen LogP contribution in [0.2, 0.25) is 0 Å². The second kappa shape index (κ2) is 8.44. The van der Waals surface area contributed by atoms with Crippen LogP contribution in [0.1, 0.15) is 32.1 Å². The van der Waals surface area contributed by atoms with Crippen LogP contribution < -0.4 is 10.6 Å². The second-order valence-corrected chi connectivity index (χ2v) is 4.52. The van der Waals surface area contributed by atoms with E-state index in [0.29, 0.717) is 32.2 Å². The SMILES string of the molecule is CNC(=O)CCNCC(O)COC1CCCC1. The van der Waals surface area contributed by atoms with Gasteiger partial charge in [-0.05, 0) is 12.8 Å². The molecule has 0 aromatic heterocycles. The molecule has 1 amide bonds. The Morgan fingerprint density at radius 2 is 2.18 bits per heavy atom. The number of carbonyl (C=O) groups is 1. The first kappa shape index (κ1) is 14.4. The van der Waals surface area contributed by atoms with Gasteiger partial charge in [0.2, 0.25) is 5.91 Å². The fourth-order valence-electron chi connectivity index (χ4n) is 1.96. The highest BCUT2D eigenvalue weighted by Crippen LogP contribution is 2.20. The van der Waals surface area contributed by atoms with Gasteiger partial charge in [0.25, 0.3) is 0 Å². The van der Waals surface area contributed by atoms with E-state index in [1.807, 2.05) is 0 Å². The first-order valence-electron chi connectivity index (χ1n) is 6.43. The average molecular weight is 244 g/mol. The summed E-state index contributed by atoms with van der Waals surface area (Å²) in [6, 6.07) is 0. The molecule has 5 heteroatoms. The summed E-state index contributed by atoms with van der Waals surface area (Å²) in [7, 11) is 1.62. The van der Waals surface area contributed by atoms with E-state index in [0.717, 1.165) is 12.8 Å². The third-order valence-electron chi connectivity index (χ3n) is 3.01. The summed E-state index contributed by atoms with van der Waals surface area (Å²) in [6.07, 6.45) is 5.02. The topological polar surface area (TPSA) is 70.6 Å². The van der Waals surface area contributed by atoms with Crippen molar-refractivity contribution in [3.8, 4) is 0 Å². The van der Waals surface area contributed by atoms with E-state index >= 15 is 0 Å². The number of amides is 1. The molecule has 0 aromatic carbocycles. The molecule has 1 rings (SSSR count). The van der Waals surface area contributed by atoms with E-state index in [-0.39, 0.29) is 5.91 Å². The van der Waals surface area contributed by atoms with Gasteiger partial charge in [-0.25, -0.2) is 0 Å². The van der Waals surface area contributed by atoms with Gasteiger partial charge in [0.1, 0.15) is 0 Å². The Morgan fingerprint density at radius 1 is 1.47 bits per heavy atom. The number of ether oxygens (including phenoxy) is 1. The minimum Gasteiger partial charge on any atom is -0.389 e. The fourth-order valence-corrected chi connectivity index (χ4v) is 1.96. The molecule has 5 nitrogen and oxygen atoms in total. The maximum Gasteiger partial charge on any atom is 0.221 e. The van der Waals surface area contributed by atoms with Crippen LogP contribution in [0.3, 0.4) is 0 Å². The second-order valence-electron chi connectivity index (χ2n) is 4.52. The minimum atomic E-state index is -0.486. The van der Waals surface area contributed by atoms with Gasteiger partial charge in [-0.15, -0.1) is 0 Å². The van der Waals surface area contributed by atoms with Crippen LogP contribution in [0.25, 0.3) is 0 Å². The van der Waals surface area contributed by atoms with Gasteiger partial charge in [-0.1, -0.05) is 12.8 Å². The summed E-state index contributed by atoms with van der Waals surface area (Å²) in [4.78, 5) is 10.9. The molecule has 17 heavy (non-hydrogen) atoms. The molecule has 0 aliphatic heterocycles. The Labute approximate surface area is 103 Å². The lowest BCUT2D eigenvalue weighted by atomic mass is 10.3. The molecule has 100 valence electrons. The Morgan fingerprint density at radius 3 is 2.82 bits per heavy atom. The van der Waals surface area contributed by atoms with Crippen molar-refractivity contribution >= 4 is 5.91 Å². The van der Waals surface area contributed by atoms with Crippen molar-refractivity contribution in [3.05, 3.63) is 0 Å². The molecule has 0 saturated heterocycles. The molecule has 0 heterocycles. The standard InChI is InChI=1S/C12H24N2O3/c1-13-12(16)6-7-14-8-10(15)9-17-11-4-2-3-5-11/h10-11,14-15H,2-9H2,1H3,(H,13,16). The predicted octanol–water partition coefficient (Wildman–Crippen LogP) is 0.0322. The summed E-state index contributed by atoms with van der Waals surface area (Å²) >= 11 is 0. The molecule has 1 unspecified atom stereocenters. The van der Waals surface area contributed by atoms with Gasteiger partial charge in [0.05, 0.1) is 18.8 Å². The van der Waals surface area contributed by atoms with E-state index in [1.54, 1.807) is 7.05 Å². The third kappa shape index (κ3) is 6.61. The van der Waals surface area contributed by atoms with Crippen LogP contribution in [-0.2, 0) is 9.53 Å². The van der Waals surface area contributed by atoms with E-state index < -0.39 is 6.10 Å². The maximum absolute atomic E-state index is 10.9. The molecule has 0 spiro atoms. The minimum absolute atomic E-state index is 0.00851. The lowest BCUT2D eigenvalue weighted by molar-refractivity contribution is -0.120. The summed E-state index contributed by atoms with van der Waals surface area (Å²) < 4.78 is 5.59. The van der Waals surface area contributed by atoms with Crippen molar-refractivity contribution in [2.75, 3.05) is 26.7 Å². The molecule has 1 aliphatic carbocycles. The maximum atomic E-state index is 10.9. The summed E-state index contributed by atoms with van der Waals surface area (Å²) in [5, 5.41) is 15.2.